The third kappa shape index (κ3) is 15.6. The monoisotopic (exact) mass is 1120 g/mol. The van der Waals surface area contributed by atoms with Crippen molar-refractivity contribution in [1.82, 2.24) is 25.5 Å². The summed E-state index contributed by atoms with van der Waals surface area (Å²) in [5.74, 6) is -5.15. The number of hydrogen-bond acceptors (Lipinski definition) is 20. The zero-order valence-electron chi connectivity index (χ0n) is 44.1. The molecule has 5 aliphatic rings. The lowest BCUT2D eigenvalue weighted by Gasteiger charge is -2.42. The van der Waals surface area contributed by atoms with E-state index in [4.69, 9.17) is 54.3 Å². The molecule has 3 fully saturated rings. The second kappa shape index (κ2) is 26.5. The van der Waals surface area contributed by atoms with Crippen LogP contribution in [0.1, 0.15) is 70.9 Å². The molecule has 3 N–H and O–H groups in total. The molecule has 0 radical (unpaired) electrons. The molecule has 422 valence electrons. The summed E-state index contributed by atoms with van der Waals surface area (Å²) >= 11 is 7.34. The van der Waals surface area contributed by atoms with E-state index in [-0.39, 0.29) is 75.1 Å². The van der Waals surface area contributed by atoms with Gasteiger partial charge in [0.2, 0.25) is 5.91 Å². The number of imide groups is 1. The Balaban J connectivity index is 1.13. The number of epoxide rings is 1. The molecule has 4 aliphatic heterocycles. The van der Waals surface area contributed by atoms with Gasteiger partial charge in [0.25, 0.3) is 17.1 Å². The number of aliphatic hydroxyl groups is 1. The van der Waals surface area contributed by atoms with Crippen molar-refractivity contribution >= 4 is 76.2 Å². The normalized spacial score (nSPS) is 29.0. The summed E-state index contributed by atoms with van der Waals surface area (Å²) in [6, 6.07) is 0.668. The zero-order valence-corrected chi connectivity index (χ0v) is 45.6. The van der Waals surface area contributed by atoms with Crippen LogP contribution in [0.3, 0.4) is 0 Å². The fraction of sp³-hybridized carbons (Fsp3) is 0.588. The molecule has 24 nitrogen and oxygen atoms in total. The van der Waals surface area contributed by atoms with E-state index in [2.05, 4.69) is 10.6 Å². The Morgan fingerprint density at radius 1 is 1.03 bits per heavy atom. The molecule has 4 bridgehead atoms. The number of rotatable bonds is 14. The molecule has 26 heteroatoms. The molecule has 6 rings (SSSR count). The predicted octanol–water partition coefficient (Wildman–Crippen LogP) is 3.47. The van der Waals surface area contributed by atoms with Gasteiger partial charge < -0.3 is 63.0 Å². The summed E-state index contributed by atoms with van der Waals surface area (Å²) in [5.41, 5.74) is -1.12. The van der Waals surface area contributed by atoms with Crippen LogP contribution in [0.2, 0.25) is 5.02 Å². The molecular weight excluding hydrogens is 1050 g/mol. The van der Waals surface area contributed by atoms with Crippen LogP contribution in [-0.2, 0) is 79.6 Å². The first kappa shape index (κ1) is 60.1. The lowest BCUT2D eigenvalue weighted by molar-refractivity contribution is -0.199. The number of Topliss-reactive ketones (excluding diaryl/α,β-unsaturated/α-hetero) is 1. The summed E-state index contributed by atoms with van der Waals surface area (Å²) in [4.78, 5) is 126. The molecule has 0 saturated carbocycles. The highest BCUT2D eigenvalue weighted by Crippen LogP contribution is 2.49. The Kier molecular flexibility index (Phi) is 20.7. The molecule has 2 unspecified atom stereocenters. The average molecular weight is 1120 g/mol. The van der Waals surface area contributed by atoms with Gasteiger partial charge in [-0.05, 0) is 50.5 Å². The summed E-state index contributed by atoms with van der Waals surface area (Å²) in [5, 5.41) is 16.4. The lowest BCUT2D eigenvalue weighted by atomic mass is 9.83. The number of ether oxygens (including phenoxy) is 8. The standard InChI is InChI=1S/C51H66ClN5O19S/c1-28-11-9-13-38(69-8)51(67)24-37(73-47(64)54-51)29(2)44-50(4,75-44)39(23-33(58)22-32-20-31(19-28)21-36(68-7)43(32)52)74-45(62)30(3)56(6)40(59)16-18-77-48(65)53-35(46(63)76-57-41(60)14-15-42(57)61)25-55(5)49(66)72-34-12-10-17-70-27-71-26-34/h9-13,20-21,29-30,34-35,37-39,44,67H,14-19,22-27H2,1-8H3,(H,53,65)(H,54,64)/b12-10+,13-9+,28-11+/t29-,30+,34?,35?,37+,38-,39+,44+,50+,51+/m1/s1. The van der Waals surface area contributed by atoms with E-state index in [1.807, 2.05) is 13.0 Å². The van der Waals surface area contributed by atoms with Gasteiger partial charge >= 0.3 is 24.1 Å². The van der Waals surface area contributed by atoms with Crippen LogP contribution >= 0.6 is 23.4 Å². The van der Waals surface area contributed by atoms with Crippen LogP contribution in [0, 0.1) is 5.92 Å². The number of methoxy groups -OCH3 is 2. The van der Waals surface area contributed by atoms with Crippen LogP contribution in [-0.4, -0.2) is 187 Å². The smallest absolute Gasteiger partial charge is 0.410 e. The molecule has 1 aromatic carbocycles. The number of alkyl carbamates (subject to hydrolysis) is 1. The molecule has 4 heterocycles. The number of esters is 1. The van der Waals surface area contributed by atoms with Crippen LogP contribution in [0.25, 0.3) is 0 Å². The first-order valence-corrected chi connectivity index (χ1v) is 26.2. The number of ketones is 1. The van der Waals surface area contributed by atoms with E-state index in [0.29, 0.717) is 34.6 Å². The van der Waals surface area contributed by atoms with Crippen LogP contribution in [0.4, 0.5) is 14.4 Å². The lowest BCUT2D eigenvalue weighted by Crippen LogP contribution is -2.63. The third-order valence-electron chi connectivity index (χ3n) is 13.7. The second-order valence-electron chi connectivity index (χ2n) is 19.5. The van der Waals surface area contributed by atoms with Crippen molar-refractivity contribution in [3.63, 3.8) is 0 Å². The Labute approximate surface area is 454 Å². The number of nitrogens with one attached hydrogen (secondary N) is 2. The molecule has 0 aromatic heterocycles. The zero-order chi connectivity index (χ0) is 56.4. The maximum Gasteiger partial charge on any atom is 0.410 e. The van der Waals surface area contributed by atoms with Crippen LogP contribution in [0.5, 0.6) is 5.75 Å². The van der Waals surface area contributed by atoms with Gasteiger partial charge in [-0.25, -0.2) is 19.2 Å². The molecule has 77 heavy (non-hydrogen) atoms. The minimum atomic E-state index is -1.91. The summed E-state index contributed by atoms with van der Waals surface area (Å²) in [6.45, 7) is 6.31. The molecule has 3 saturated heterocycles. The van der Waals surface area contributed by atoms with E-state index in [0.717, 1.165) is 20.9 Å². The second-order valence-corrected chi connectivity index (χ2v) is 20.9. The number of carbonyl (C=O) groups excluding carboxylic acids is 9. The molecule has 6 amide bonds. The van der Waals surface area contributed by atoms with E-state index in [9.17, 15) is 48.3 Å². The van der Waals surface area contributed by atoms with Crippen LogP contribution in [0.15, 0.2) is 48.1 Å². The molecular formula is C51H66ClN5O19S. The quantitative estimate of drug-likeness (QED) is 0.0790. The summed E-state index contributed by atoms with van der Waals surface area (Å²) in [7, 11) is 5.47. The Hall–Kier alpha value is -6.09. The van der Waals surface area contributed by atoms with Crippen LogP contribution < -0.4 is 15.4 Å². The van der Waals surface area contributed by atoms with Gasteiger partial charge in [0, 0.05) is 71.4 Å². The molecule has 10 atom stereocenters. The number of hydroxylamine groups is 2. The summed E-state index contributed by atoms with van der Waals surface area (Å²) in [6.07, 6.45) is 0.767. The van der Waals surface area contributed by atoms with E-state index < -0.39 is 113 Å². The first-order valence-electron chi connectivity index (χ1n) is 24.8. The largest absolute Gasteiger partial charge is 0.495 e. The Bertz CT molecular complexity index is 2510. The van der Waals surface area contributed by atoms with Gasteiger partial charge in [0.15, 0.2) is 5.72 Å². The summed E-state index contributed by atoms with van der Waals surface area (Å²) < 4.78 is 45.1. The fourth-order valence-electron chi connectivity index (χ4n) is 9.07. The molecule has 1 aromatic rings. The topological polar surface area (TPSA) is 294 Å². The number of allylic oxidation sites excluding steroid dienone is 3. The van der Waals surface area contributed by atoms with Gasteiger partial charge in [-0.15, -0.1) is 5.06 Å². The van der Waals surface area contributed by atoms with Crippen molar-refractivity contribution in [3.05, 3.63) is 64.2 Å². The number of fused-ring (bicyclic) bond motifs is 5. The predicted molar refractivity (Wildman–Crippen MR) is 272 cm³/mol. The van der Waals surface area contributed by atoms with E-state index in [1.54, 1.807) is 50.3 Å². The Morgan fingerprint density at radius 3 is 2.45 bits per heavy atom. The highest BCUT2D eigenvalue weighted by molar-refractivity contribution is 8.13. The van der Waals surface area contributed by atoms with Gasteiger partial charge in [0.05, 0.1) is 38.0 Å². The van der Waals surface area contributed by atoms with E-state index in [1.165, 1.54) is 35.2 Å². The van der Waals surface area contributed by atoms with Crippen molar-refractivity contribution in [2.24, 2.45) is 5.92 Å². The SMILES string of the molecule is COc1cc2cc(c1Cl)CC(=O)C[C@H](OC(=O)[C@H](C)N(C)C(=O)CCSC(=O)NC(CN(C)C(=O)OC1/C=C/COCOC1)C(=O)ON1C(=O)CCC1=O)[C@]1(C)O[C@H]1[C@H](C)[C@@H]1C[C@@](O)(NC(=O)O1)[C@H](OC)/C=C/C=C(\C)C2. The third-order valence-corrected chi connectivity index (χ3v) is 14.9. The van der Waals surface area contributed by atoms with Gasteiger partial charge in [0.1, 0.15) is 60.4 Å². The fourth-order valence-corrected chi connectivity index (χ4v) is 10.0. The number of likely N-dealkylation sites (N-methyl/N-ethyl adjacent to an activating group) is 2. The first-order chi connectivity index (χ1) is 36.5. The number of hydrogen-bond donors (Lipinski definition) is 3. The molecule has 1 aliphatic carbocycles. The Morgan fingerprint density at radius 2 is 1.75 bits per heavy atom. The maximum atomic E-state index is 14.1. The minimum Gasteiger partial charge on any atom is -0.495 e. The number of thioether (sulfide) groups is 1. The average Bonchev–Trinajstić information content (AvgIpc) is 3.98. The van der Waals surface area contributed by atoms with Gasteiger partial charge in [-0.2, -0.15) is 0 Å². The number of halogens is 1. The highest BCUT2D eigenvalue weighted by Gasteiger charge is 2.64. The number of carbonyl (C=O) groups is 9. The van der Waals surface area contributed by atoms with E-state index >= 15 is 0 Å². The molecule has 0 spiro atoms. The number of amides is 6. The highest BCUT2D eigenvalue weighted by atomic mass is 35.5. The van der Waals surface area contributed by atoms with Gasteiger partial charge in [-0.1, -0.05) is 66.2 Å². The van der Waals surface area contributed by atoms with Crippen molar-refractivity contribution in [2.45, 2.75) is 127 Å². The number of benzene rings is 1. The minimum absolute atomic E-state index is 0.0272. The van der Waals surface area contributed by atoms with Crippen molar-refractivity contribution in [3.8, 4) is 5.75 Å². The van der Waals surface area contributed by atoms with Gasteiger partial charge in [-0.3, -0.25) is 29.3 Å². The number of nitrogens with zero attached hydrogens (tertiary/aromatic N) is 3. The van der Waals surface area contributed by atoms with Crippen molar-refractivity contribution < 1.29 is 91.0 Å². The van der Waals surface area contributed by atoms with Crippen molar-refractivity contribution in [2.75, 3.05) is 60.6 Å². The maximum absolute atomic E-state index is 14.1. The van der Waals surface area contributed by atoms with Crippen molar-refractivity contribution in [1.29, 1.82) is 0 Å².